The maximum atomic E-state index is 12.6. The molecule has 144 valence electrons. The van der Waals surface area contributed by atoms with Crippen LogP contribution < -0.4 is 0 Å². The average molecular weight is 365 g/mol. The van der Waals surface area contributed by atoms with Gasteiger partial charge in [-0.3, -0.25) is 9.59 Å². The lowest BCUT2D eigenvalue weighted by Crippen LogP contribution is -2.81. The van der Waals surface area contributed by atoms with Gasteiger partial charge in [0.05, 0.1) is 31.3 Å². The normalized spacial score (nSPS) is 56.7. The molecule has 0 aromatic rings. The number of hydrogen-bond donors (Lipinski definition) is 2. The van der Waals surface area contributed by atoms with Gasteiger partial charge in [-0.1, -0.05) is 20.8 Å². The molecule has 8 heteroatoms. The van der Waals surface area contributed by atoms with Crippen molar-refractivity contribution in [1.29, 1.82) is 0 Å². The molecule has 0 amide bonds. The second-order valence-corrected chi connectivity index (χ2v) is 10.0. The van der Waals surface area contributed by atoms with Crippen LogP contribution in [0, 0.1) is 29.1 Å². The van der Waals surface area contributed by atoms with Gasteiger partial charge >= 0.3 is 6.69 Å². The van der Waals surface area contributed by atoms with Crippen LogP contribution in [0.15, 0.2) is 0 Å². The summed E-state index contributed by atoms with van der Waals surface area (Å²) >= 11 is 0. The minimum atomic E-state index is -2.71. The molecule has 7 nitrogen and oxygen atoms in total. The van der Waals surface area contributed by atoms with Gasteiger partial charge in [-0.15, -0.1) is 0 Å². The van der Waals surface area contributed by atoms with E-state index in [0.717, 1.165) is 6.42 Å². The Kier molecular flexibility index (Phi) is 3.24. The van der Waals surface area contributed by atoms with Crippen molar-refractivity contribution >= 4 is 18.4 Å². The Morgan fingerprint density at radius 2 is 2.04 bits per heavy atom. The Morgan fingerprint density at radius 1 is 1.31 bits per heavy atom. The van der Waals surface area contributed by atoms with E-state index in [1.165, 1.54) is 6.42 Å². The molecule has 4 bridgehead atoms. The largest absolute Gasteiger partial charge is 0.613 e. The van der Waals surface area contributed by atoms with E-state index in [4.69, 9.17) is 9.39 Å². The van der Waals surface area contributed by atoms with Crippen molar-refractivity contribution < 1.29 is 33.5 Å². The summed E-state index contributed by atoms with van der Waals surface area (Å²) in [5, 5.41) is 21.1. The van der Waals surface area contributed by atoms with Gasteiger partial charge in [-0.05, 0) is 30.1 Å². The summed E-state index contributed by atoms with van der Waals surface area (Å²) in [5.74, 6) is -0.0502. The van der Waals surface area contributed by atoms with Gasteiger partial charge in [0.25, 0.3) is 5.97 Å². The zero-order chi connectivity index (χ0) is 18.6. The van der Waals surface area contributed by atoms with E-state index < -0.39 is 30.7 Å². The zero-order valence-electron chi connectivity index (χ0n) is 15.6. The van der Waals surface area contributed by atoms with Crippen LogP contribution >= 0.6 is 0 Å². The van der Waals surface area contributed by atoms with E-state index in [1.807, 2.05) is 0 Å². The van der Waals surface area contributed by atoms with Crippen molar-refractivity contribution in [3.05, 3.63) is 0 Å². The van der Waals surface area contributed by atoms with Crippen LogP contribution in [0.3, 0.4) is 0 Å². The van der Waals surface area contributed by atoms with Crippen LogP contribution in [0.5, 0.6) is 0 Å². The number of ether oxygens (including phenoxy) is 1. The lowest BCUT2D eigenvalue weighted by Gasteiger charge is -2.69. The molecule has 26 heavy (non-hydrogen) atoms. The first kappa shape index (κ1) is 17.2. The Morgan fingerprint density at radius 3 is 2.62 bits per heavy atom. The first-order valence-electron chi connectivity index (χ1n) is 9.91. The summed E-state index contributed by atoms with van der Waals surface area (Å²) in [6, 6.07) is -0.614. The quantitative estimate of drug-likeness (QED) is 0.411. The van der Waals surface area contributed by atoms with Crippen LogP contribution in [-0.4, -0.2) is 70.8 Å². The molecule has 6 aliphatic rings. The lowest BCUT2D eigenvalue weighted by molar-refractivity contribution is -0.872. The molecule has 0 spiro atoms. The van der Waals surface area contributed by atoms with E-state index in [1.54, 1.807) is 0 Å². The lowest BCUT2D eigenvalue weighted by atomic mass is 9.43. The van der Waals surface area contributed by atoms with Gasteiger partial charge in [-0.25, -0.2) is 0 Å². The predicted octanol–water partition coefficient (Wildman–Crippen LogP) is -0.140. The third kappa shape index (κ3) is 1.79. The average Bonchev–Trinajstić information content (AvgIpc) is 3.30. The maximum Gasteiger partial charge on any atom is 0.556 e. The molecule has 0 aromatic carbocycles. The van der Waals surface area contributed by atoms with Gasteiger partial charge in [-0.2, -0.15) is 0 Å². The molecule has 0 radical (unpaired) electrons. The first-order valence-corrected chi connectivity index (χ1v) is 9.91. The Labute approximate surface area is 153 Å². The second-order valence-electron chi connectivity index (χ2n) is 10.0. The Balaban J connectivity index is 1.56. The number of Topliss-reactive ketones (excluding diaryl/α,β-unsaturated/α-hetero) is 1. The summed E-state index contributed by atoms with van der Waals surface area (Å²) in [5.41, 5.74) is 0.290. The molecule has 9 atom stereocenters. The molecule has 3 saturated heterocycles. The molecule has 3 heterocycles. The summed E-state index contributed by atoms with van der Waals surface area (Å²) < 4.78 is 11.2. The number of carbonyl (C=O) groups excluding carboxylic acids is 2. The number of fused-ring (bicyclic) bond motifs is 5. The third-order valence-electron chi connectivity index (χ3n) is 8.88. The molecule has 3 saturated carbocycles. The van der Waals surface area contributed by atoms with Crippen molar-refractivity contribution in [3.8, 4) is 0 Å². The highest BCUT2D eigenvalue weighted by molar-refractivity contribution is 6.64. The third-order valence-corrected chi connectivity index (χ3v) is 8.88. The van der Waals surface area contributed by atoms with E-state index in [9.17, 15) is 19.7 Å². The van der Waals surface area contributed by atoms with Gasteiger partial charge in [0.15, 0.2) is 5.92 Å². The van der Waals surface area contributed by atoms with Crippen LogP contribution in [0.2, 0.25) is 0 Å². The summed E-state index contributed by atoms with van der Waals surface area (Å²) in [7, 11) is 0. The van der Waals surface area contributed by atoms with Gasteiger partial charge in [0, 0.05) is 5.92 Å². The Hall–Kier alpha value is -0.955. The highest BCUT2D eigenvalue weighted by Crippen LogP contribution is 2.64. The fourth-order valence-corrected chi connectivity index (χ4v) is 7.13. The van der Waals surface area contributed by atoms with Crippen molar-refractivity contribution in [2.75, 3.05) is 19.7 Å². The number of aliphatic hydroxyl groups is 1. The monoisotopic (exact) mass is 365 g/mol. The molecular formula is C18H28BNO6. The number of ketones is 1. The maximum absolute atomic E-state index is 12.6. The van der Waals surface area contributed by atoms with Gasteiger partial charge in [0.2, 0.25) is 5.78 Å². The van der Waals surface area contributed by atoms with E-state index in [2.05, 4.69) is 20.8 Å². The smallest absolute Gasteiger partial charge is 0.556 e. The van der Waals surface area contributed by atoms with Crippen LogP contribution in [0.4, 0.5) is 0 Å². The zero-order valence-corrected chi connectivity index (χ0v) is 15.6. The molecule has 0 aromatic heterocycles. The minimum absolute atomic E-state index is 0.0855. The Bertz CT molecular complexity index is 699. The topological polar surface area (TPSA) is 96.4 Å². The number of rotatable bonds is 3. The number of epoxide rings is 1. The predicted molar refractivity (Wildman–Crippen MR) is 91.3 cm³/mol. The van der Waals surface area contributed by atoms with E-state index in [0.29, 0.717) is 29.7 Å². The SMILES string of the molecule is C[C@@H]1C2C[C@@H](CC1[N@+]13CC(=O)C(C1)C(=O)O[B@@-]3(O)C1O[C@H]1CO)C2(C)C. The minimum Gasteiger partial charge on any atom is -0.613 e. The molecular weight excluding hydrogens is 337 g/mol. The fraction of sp³-hybridized carbons (Fsp3) is 0.889. The van der Waals surface area contributed by atoms with Crippen molar-refractivity contribution in [3.63, 3.8) is 0 Å². The van der Waals surface area contributed by atoms with Crippen molar-refractivity contribution in [1.82, 2.24) is 0 Å². The molecule has 4 unspecified atom stereocenters. The number of quaternary nitrogens is 1. The highest BCUT2D eigenvalue weighted by atomic mass is 16.7. The number of hydrogen-bond acceptors (Lipinski definition) is 6. The summed E-state index contributed by atoms with van der Waals surface area (Å²) in [6.07, 6.45) is 1.62. The van der Waals surface area contributed by atoms with Crippen LogP contribution in [0.25, 0.3) is 0 Å². The summed E-state index contributed by atoms with van der Waals surface area (Å²) in [6.45, 7) is 4.38. The number of aliphatic hydroxyl groups excluding tert-OH is 1. The van der Waals surface area contributed by atoms with E-state index in [-0.39, 0.29) is 29.4 Å². The second kappa shape index (κ2) is 4.90. The van der Waals surface area contributed by atoms with E-state index >= 15 is 0 Å². The first-order chi connectivity index (χ1) is 12.2. The molecule has 2 N–H and O–H groups in total. The van der Waals surface area contributed by atoms with Crippen molar-refractivity contribution in [2.24, 2.45) is 29.1 Å². The molecule has 3 aliphatic carbocycles. The highest BCUT2D eigenvalue weighted by Gasteiger charge is 2.76. The molecule has 3 aliphatic heterocycles. The molecule has 6 rings (SSSR count). The standard InChI is InChI=1S/C18H28BNO6/c1-9-12-4-10(18(12,2)3)5-13(9)20-6-11(14(22)7-20)17(23)26-19(20,24)16-15(8-21)25-16/h9-13,15-16,21,24H,4-8H2,1-3H3/t9-,10+,11?,12?,13?,15+,16?,19+,20-/m1/s1. The van der Waals surface area contributed by atoms with Crippen LogP contribution in [-0.2, 0) is 19.0 Å². The van der Waals surface area contributed by atoms with Gasteiger partial charge < -0.3 is 23.9 Å². The van der Waals surface area contributed by atoms with Gasteiger partial charge in [0.1, 0.15) is 6.54 Å². The molecule has 6 fully saturated rings. The number of nitrogens with zero attached hydrogens (tertiary/aromatic N) is 1. The summed E-state index contributed by atoms with van der Waals surface area (Å²) in [4.78, 5) is 25.0. The number of carbonyl (C=O) groups is 2. The van der Waals surface area contributed by atoms with Crippen LogP contribution in [0.1, 0.15) is 33.6 Å². The van der Waals surface area contributed by atoms with Crippen molar-refractivity contribution in [2.45, 2.75) is 51.8 Å². The fourth-order valence-electron chi connectivity index (χ4n) is 7.13.